The van der Waals surface area contributed by atoms with Crippen molar-refractivity contribution in [3.05, 3.63) is 30.1 Å². The second-order valence-electron chi connectivity index (χ2n) is 6.54. The Morgan fingerprint density at radius 2 is 2.00 bits per heavy atom. The number of nitrogens with one attached hydrogen (secondary N) is 1. The van der Waals surface area contributed by atoms with Crippen molar-refractivity contribution in [2.45, 2.75) is 19.4 Å². The predicted octanol–water partition coefficient (Wildman–Crippen LogP) is 1.26. The number of morpholine rings is 1. The lowest BCUT2D eigenvalue weighted by Gasteiger charge is -2.29. The summed E-state index contributed by atoms with van der Waals surface area (Å²) in [7, 11) is 1.99. The van der Waals surface area contributed by atoms with Crippen LogP contribution in [0.1, 0.15) is 19.7 Å². The van der Waals surface area contributed by atoms with Crippen LogP contribution in [0.25, 0.3) is 11.0 Å². The largest absolute Gasteiger partial charge is 0.379 e. The molecule has 2 heterocycles. The summed E-state index contributed by atoms with van der Waals surface area (Å²) < 4.78 is 7.36. The van der Waals surface area contributed by atoms with Crippen molar-refractivity contribution in [3.8, 4) is 0 Å². The molecule has 23 heavy (non-hydrogen) atoms. The number of hydrogen-bond donors (Lipinski definition) is 1. The second-order valence-corrected chi connectivity index (χ2v) is 6.54. The number of hydrogen-bond acceptors (Lipinski definition) is 4. The van der Waals surface area contributed by atoms with Crippen molar-refractivity contribution in [3.63, 3.8) is 0 Å². The van der Waals surface area contributed by atoms with Crippen molar-refractivity contribution in [1.29, 1.82) is 0 Å². The van der Waals surface area contributed by atoms with Crippen LogP contribution in [0, 0.1) is 0 Å². The average Bonchev–Trinajstić information content (AvgIpc) is 2.86. The smallest absolute Gasteiger partial charge is 0.234 e. The third-order valence-electron chi connectivity index (χ3n) is 4.27. The molecule has 0 spiro atoms. The van der Waals surface area contributed by atoms with Gasteiger partial charge >= 0.3 is 0 Å². The van der Waals surface area contributed by atoms with Gasteiger partial charge in [-0.05, 0) is 26.0 Å². The molecule has 1 saturated heterocycles. The number of carbonyl (C=O) groups is 1. The summed E-state index contributed by atoms with van der Waals surface area (Å²) >= 11 is 0. The van der Waals surface area contributed by atoms with Crippen molar-refractivity contribution in [2.24, 2.45) is 7.05 Å². The van der Waals surface area contributed by atoms with Gasteiger partial charge < -0.3 is 14.6 Å². The zero-order chi connectivity index (χ0) is 16.4. The fraction of sp³-hybridized carbons (Fsp3) is 0.529. The van der Waals surface area contributed by atoms with Crippen LogP contribution in [0.15, 0.2) is 24.3 Å². The number of aromatic nitrogens is 2. The van der Waals surface area contributed by atoms with Crippen molar-refractivity contribution in [2.75, 3.05) is 32.8 Å². The van der Waals surface area contributed by atoms with E-state index in [1.54, 1.807) is 0 Å². The molecular formula is C17H24N4O2. The van der Waals surface area contributed by atoms with E-state index in [0.29, 0.717) is 19.8 Å². The van der Waals surface area contributed by atoms with Crippen LogP contribution in [0.3, 0.4) is 0 Å². The van der Waals surface area contributed by atoms with Crippen LogP contribution in [-0.2, 0) is 22.1 Å². The van der Waals surface area contributed by atoms with Gasteiger partial charge in [0.05, 0.1) is 36.3 Å². The Kier molecular flexibility index (Phi) is 4.37. The van der Waals surface area contributed by atoms with Crippen molar-refractivity contribution < 1.29 is 9.53 Å². The van der Waals surface area contributed by atoms with E-state index >= 15 is 0 Å². The highest BCUT2D eigenvalue weighted by Crippen LogP contribution is 2.23. The van der Waals surface area contributed by atoms with E-state index < -0.39 is 5.54 Å². The molecule has 0 atom stereocenters. The molecule has 3 rings (SSSR count). The molecule has 1 aliphatic heterocycles. The van der Waals surface area contributed by atoms with Gasteiger partial charge in [-0.3, -0.25) is 9.69 Å². The maximum atomic E-state index is 12.4. The number of carbonyl (C=O) groups excluding carboxylic acids is 1. The maximum Gasteiger partial charge on any atom is 0.234 e. The standard InChI is InChI=1S/C17H24N4O2/c1-17(2,19-15(22)12-21-8-10-23-11-9-21)16-18-13-6-4-5-7-14(13)20(16)3/h4-7H,8-12H2,1-3H3,(H,19,22). The van der Waals surface area contributed by atoms with Crippen LogP contribution < -0.4 is 5.32 Å². The maximum absolute atomic E-state index is 12.4. The summed E-state index contributed by atoms with van der Waals surface area (Å²) in [6.45, 7) is 7.39. The first-order valence-corrected chi connectivity index (χ1v) is 8.00. The van der Waals surface area contributed by atoms with E-state index in [1.807, 2.05) is 49.7 Å². The number of fused-ring (bicyclic) bond motifs is 1. The molecule has 1 aromatic heterocycles. The molecule has 1 amide bonds. The Morgan fingerprint density at radius 3 is 2.70 bits per heavy atom. The lowest BCUT2D eigenvalue weighted by Crippen LogP contribution is -2.49. The Labute approximate surface area is 136 Å². The Hall–Kier alpha value is -1.92. The first-order valence-electron chi connectivity index (χ1n) is 8.00. The Balaban J connectivity index is 1.74. The van der Waals surface area contributed by atoms with Gasteiger partial charge in [0.25, 0.3) is 0 Å². The molecule has 0 radical (unpaired) electrons. The van der Waals surface area contributed by atoms with Gasteiger partial charge in [-0.1, -0.05) is 12.1 Å². The lowest BCUT2D eigenvalue weighted by molar-refractivity contribution is -0.125. The summed E-state index contributed by atoms with van der Waals surface area (Å²) in [6, 6.07) is 8.00. The molecule has 2 aromatic rings. The summed E-state index contributed by atoms with van der Waals surface area (Å²) in [4.78, 5) is 19.2. The minimum absolute atomic E-state index is 0.0176. The molecule has 0 unspecified atom stereocenters. The summed E-state index contributed by atoms with van der Waals surface area (Å²) in [5.74, 6) is 0.873. The van der Waals surface area contributed by atoms with Crippen LogP contribution in [0.5, 0.6) is 0 Å². The topological polar surface area (TPSA) is 59.4 Å². The molecule has 1 N–H and O–H groups in total. The van der Waals surface area contributed by atoms with Crippen LogP contribution in [-0.4, -0.2) is 53.2 Å². The van der Waals surface area contributed by atoms with Gasteiger partial charge in [0.15, 0.2) is 0 Å². The van der Waals surface area contributed by atoms with Crippen molar-refractivity contribution in [1.82, 2.24) is 19.8 Å². The van der Waals surface area contributed by atoms with E-state index in [1.165, 1.54) is 0 Å². The van der Waals surface area contributed by atoms with Gasteiger partial charge in [-0.2, -0.15) is 0 Å². The number of para-hydroxylation sites is 2. The van der Waals surface area contributed by atoms with E-state index in [4.69, 9.17) is 9.72 Å². The zero-order valence-electron chi connectivity index (χ0n) is 14.0. The first-order chi connectivity index (χ1) is 11.0. The molecule has 1 aromatic carbocycles. The van der Waals surface area contributed by atoms with E-state index in [9.17, 15) is 4.79 Å². The first kappa shape index (κ1) is 16.0. The van der Waals surface area contributed by atoms with Gasteiger partial charge in [0.1, 0.15) is 5.82 Å². The van der Waals surface area contributed by atoms with Gasteiger partial charge in [-0.25, -0.2) is 4.98 Å². The second kappa shape index (κ2) is 6.29. The summed E-state index contributed by atoms with van der Waals surface area (Å²) in [5, 5.41) is 3.12. The number of aryl methyl sites for hydroxylation is 1. The summed E-state index contributed by atoms with van der Waals surface area (Å²) in [6.07, 6.45) is 0. The monoisotopic (exact) mass is 316 g/mol. The number of benzene rings is 1. The number of amides is 1. The van der Waals surface area contributed by atoms with Gasteiger partial charge in [0.2, 0.25) is 5.91 Å². The number of rotatable bonds is 4. The fourth-order valence-corrected chi connectivity index (χ4v) is 3.11. The molecule has 6 heteroatoms. The normalized spacial score (nSPS) is 16.7. The van der Waals surface area contributed by atoms with Crippen LogP contribution in [0.4, 0.5) is 0 Å². The quantitative estimate of drug-likeness (QED) is 0.922. The number of imidazole rings is 1. The van der Waals surface area contributed by atoms with E-state index in [0.717, 1.165) is 29.9 Å². The molecule has 1 aliphatic rings. The number of nitrogens with zero attached hydrogens (tertiary/aromatic N) is 3. The third kappa shape index (κ3) is 3.38. The van der Waals surface area contributed by atoms with Crippen LogP contribution >= 0.6 is 0 Å². The molecule has 0 bridgehead atoms. The predicted molar refractivity (Wildman–Crippen MR) is 89.1 cm³/mol. The van der Waals surface area contributed by atoms with Gasteiger partial charge in [-0.15, -0.1) is 0 Å². The highest BCUT2D eigenvalue weighted by molar-refractivity contribution is 5.80. The fourth-order valence-electron chi connectivity index (χ4n) is 3.11. The van der Waals surface area contributed by atoms with E-state index in [2.05, 4.69) is 10.2 Å². The number of ether oxygens (including phenoxy) is 1. The third-order valence-corrected chi connectivity index (χ3v) is 4.27. The zero-order valence-corrected chi connectivity index (χ0v) is 14.0. The minimum atomic E-state index is -0.531. The SMILES string of the molecule is Cn1c(C(C)(C)NC(=O)CN2CCOCC2)nc2ccccc21. The van der Waals surface area contributed by atoms with Crippen LogP contribution in [0.2, 0.25) is 0 Å². The Morgan fingerprint density at radius 1 is 1.30 bits per heavy atom. The van der Waals surface area contributed by atoms with Crippen molar-refractivity contribution >= 4 is 16.9 Å². The summed E-state index contributed by atoms with van der Waals surface area (Å²) in [5.41, 5.74) is 1.48. The molecular weight excluding hydrogens is 292 g/mol. The lowest BCUT2D eigenvalue weighted by atomic mass is 10.0. The Bertz CT molecular complexity index is 702. The van der Waals surface area contributed by atoms with Gasteiger partial charge in [0, 0.05) is 20.1 Å². The highest BCUT2D eigenvalue weighted by Gasteiger charge is 2.29. The van der Waals surface area contributed by atoms with E-state index in [-0.39, 0.29) is 5.91 Å². The molecule has 1 fully saturated rings. The molecule has 124 valence electrons. The average molecular weight is 316 g/mol. The molecule has 0 saturated carbocycles. The highest BCUT2D eigenvalue weighted by atomic mass is 16.5. The molecule has 6 nitrogen and oxygen atoms in total. The minimum Gasteiger partial charge on any atom is -0.379 e. The molecule has 0 aliphatic carbocycles.